The summed E-state index contributed by atoms with van der Waals surface area (Å²) in [7, 11) is -3.80. The van der Waals surface area contributed by atoms with Gasteiger partial charge in [0.05, 0.1) is 12.3 Å². The van der Waals surface area contributed by atoms with Gasteiger partial charge in [0.2, 0.25) is 0 Å². The minimum atomic E-state index is -4.90. The molecule has 1 aromatic carbocycles. The van der Waals surface area contributed by atoms with Crippen molar-refractivity contribution >= 4 is 43.1 Å². The second-order valence-corrected chi connectivity index (χ2v) is 9.59. The molecule has 0 fully saturated rings. The molecule has 3 heterocycles. The number of carbonyl (C=O) groups excluding carboxylic acids is 1. The topological polar surface area (TPSA) is 81.0 Å². The average Bonchev–Trinajstić information content (AvgIpc) is 3.18. The zero-order valence-corrected chi connectivity index (χ0v) is 17.7. The highest BCUT2D eigenvalue weighted by Gasteiger charge is 2.37. The summed E-state index contributed by atoms with van der Waals surface area (Å²) in [6, 6.07) is 6.70. The molecule has 30 heavy (non-hydrogen) atoms. The molecule has 0 bridgehead atoms. The van der Waals surface area contributed by atoms with Crippen molar-refractivity contribution in [3.8, 4) is 5.75 Å². The highest BCUT2D eigenvalue weighted by molar-refractivity contribution is 9.10. The third-order valence-corrected chi connectivity index (χ3v) is 6.77. The van der Waals surface area contributed by atoms with Crippen molar-refractivity contribution in [2.75, 3.05) is 10.7 Å². The lowest BCUT2D eigenvalue weighted by atomic mass is 10.1. The second kappa shape index (κ2) is 6.98. The van der Waals surface area contributed by atoms with E-state index in [1.807, 2.05) is 0 Å². The van der Waals surface area contributed by atoms with Crippen LogP contribution in [0.15, 0.2) is 46.0 Å². The van der Waals surface area contributed by atoms with Crippen molar-refractivity contribution in [1.82, 2.24) is 9.38 Å². The predicted octanol–water partition coefficient (Wildman–Crippen LogP) is 3.95. The summed E-state index contributed by atoms with van der Waals surface area (Å²) >= 11 is 3.29. The Bertz CT molecular complexity index is 1290. The largest absolute Gasteiger partial charge is 0.573 e. The van der Waals surface area contributed by atoms with Gasteiger partial charge in [-0.2, -0.15) is 0 Å². The van der Waals surface area contributed by atoms with Crippen molar-refractivity contribution in [3.63, 3.8) is 0 Å². The molecule has 0 radical (unpaired) electrons. The van der Waals surface area contributed by atoms with E-state index in [0.29, 0.717) is 15.7 Å². The van der Waals surface area contributed by atoms with E-state index in [4.69, 9.17) is 0 Å². The highest BCUT2D eigenvalue weighted by Crippen LogP contribution is 2.36. The van der Waals surface area contributed by atoms with E-state index < -0.39 is 27.9 Å². The first kappa shape index (κ1) is 20.7. The molecule has 0 saturated heterocycles. The summed E-state index contributed by atoms with van der Waals surface area (Å²) in [5.74, 6) is -1.49. The van der Waals surface area contributed by atoms with E-state index in [1.54, 1.807) is 12.1 Å². The first-order chi connectivity index (χ1) is 14.0. The Morgan fingerprint density at radius 3 is 2.63 bits per heavy atom. The zero-order chi connectivity index (χ0) is 21.8. The van der Waals surface area contributed by atoms with Crippen LogP contribution in [-0.2, 0) is 16.4 Å². The van der Waals surface area contributed by atoms with E-state index in [-0.39, 0.29) is 28.7 Å². The summed E-state index contributed by atoms with van der Waals surface area (Å²) in [4.78, 5) is 18.4. The zero-order valence-electron chi connectivity index (χ0n) is 15.3. The number of hydrogen-bond acceptors (Lipinski definition) is 5. The van der Waals surface area contributed by atoms with Crippen LogP contribution in [0, 0.1) is 0 Å². The number of alkyl halides is 3. The molecule has 0 unspecified atom stereocenters. The molecule has 4 rings (SSSR count). The van der Waals surface area contributed by atoms with Crippen LogP contribution < -0.4 is 9.64 Å². The molecule has 3 aromatic rings. The number of fused-ring (bicyclic) bond motifs is 2. The van der Waals surface area contributed by atoms with Crippen molar-refractivity contribution < 1.29 is 31.1 Å². The van der Waals surface area contributed by atoms with Crippen LogP contribution in [0.5, 0.6) is 5.75 Å². The van der Waals surface area contributed by atoms with Crippen LogP contribution in [-0.4, -0.2) is 35.8 Å². The summed E-state index contributed by atoms with van der Waals surface area (Å²) in [6.07, 6.45) is -3.37. The Morgan fingerprint density at radius 1 is 1.23 bits per heavy atom. The molecular formula is C18H13BrF3N3O4S. The maximum absolute atomic E-state index is 13.0. The number of hydrogen-bond donors (Lipinski definition) is 0. The fourth-order valence-electron chi connectivity index (χ4n) is 3.23. The lowest BCUT2D eigenvalue weighted by Crippen LogP contribution is -2.26. The quantitative estimate of drug-likeness (QED) is 0.538. The molecule has 1 aliphatic heterocycles. The summed E-state index contributed by atoms with van der Waals surface area (Å²) in [6.45, 7) is 1.44. The number of ether oxygens (including phenoxy) is 1. The molecule has 12 heteroatoms. The molecule has 1 amide bonds. The Hall–Kier alpha value is -2.60. The third kappa shape index (κ3) is 3.54. The minimum Gasteiger partial charge on any atom is -0.406 e. The van der Waals surface area contributed by atoms with Gasteiger partial charge >= 0.3 is 6.36 Å². The maximum atomic E-state index is 13.0. The fraction of sp³-hybridized carbons (Fsp3) is 0.222. The van der Waals surface area contributed by atoms with Gasteiger partial charge in [0.25, 0.3) is 5.91 Å². The van der Waals surface area contributed by atoms with E-state index in [9.17, 15) is 26.4 Å². The smallest absolute Gasteiger partial charge is 0.406 e. The van der Waals surface area contributed by atoms with E-state index >= 15 is 0 Å². The number of aromatic nitrogens is 2. The fourth-order valence-corrected chi connectivity index (χ4v) is 4.72. The molecule has 0 atom stereocenters. The highest BCUT2D eigenvalue weighted by atomic mass is 79.9. The molecular weight excluding hydrogens is 491 g/mol. The van der Waals surface area contributed by atoms with Crippen molar-refractivity contribution in [2.24, 2.45) is 0 Å². The molecule has 1 aliphatic rings. The first-order valence-corrected chi connectivity index (χ1v) is 11.1. The van der Waals surface area contributed by atoms with Crippen LogP contribution in [0.4, 0.5) is 19.0 Å². The van der Waals surface area contributed by atoms with Crippen molar-refractivity contribution in [2.45, 2.75) is 24.9 Å². The van der Waals surface area contributed by atoms with Gasteiger partial charge in [0.15, 0.2) is 20.7 Å². The SMILES string of the molecule is CCS(=O)(=O)c1c(N2Cc3ccc(OC(F)(F)F)cc3C2=O)nc2ccc(Br)cn12. The number of benzene rings is 1. The Labute approximate surface area is 177 Å². The van der Waals surface area contributed by atoms with Crippen LogP contribution in [0.1, 0.15) is 22.8 Å². The van der Waals surface area contributed by atoms with Gasteiger partial charge in [-0.3, -0.25) is 14.1 Å². The number of imidazole rings is 1. The van der Waals surface area contributed by atoms with Crippen LogP contribution in [0.25, 0.3) is 5.65 Å². The minimum absolute atomic E-state index is 0.00478. The summed E-state index contributed by atoms with van der Waals surface area (Å²) < 4.78 is 69.0. The lowest BCUT2D eigenvalue weighted by molar-refractivity contribution is -0.274. The van der Waals surface area contributed by atoms with Crippen LogP contribution in [0.2, 0.25) is 0 Å². The second-order valence-electron chi connectivity index (χ2n) is 6.48. The van der Waals surface area contributed by atoms with E-state index in [2.05, 4.69) is 25.7 Å². The maximum Gasteiger partial charge on any atom is 0.573 e. The van der Waals surface area contributed by atoms with E-state index in [1.165, 1.54) is 23.6 Å². The van der Waals surface area contributed by atoms with Gasteiger partial charge in [-0.05, 0) is 45.8 Å². The molecule has 0 spiro atoms. The molecule has 7 nitrogen and oxygen atoms in total. The number of rotatable bonds is 4. The molecule has 0 aliphatic carbocycles. The Balaban J connectivity index is 1.83. The van der Waals surface area contributed by atoms with Gasteiger partial charge < -0.3 is 4.74 Å². The van der Waals surface area contributed by atoms with Gasteiger partial charge in [0.1, 0.15) is 11.4 Å². The lowest BCUT2D eigenvalue weighted by Gasteiger charge is -2.14. The third-order valence-electron chi connectivity index (χ3n) is 4.57. The van der Waals surface area contributed by atoms with Crippen molar-refractivity contribution in [3.05, 3.63) is 52.1 Å². The number of sulfone groups is 1. The molecule has 0 saturated carbocycles. The van der Waals surface area contributed by atoms with Crippen LogP contribution >= 0.6 is 15.9 Å². The van der Waals surface area contributed by atoms with Crippen LogP contribution in [0.3, 0.4) is 0 Å². The van der Waals surface area contributed by atoms with Gasteiger partial charge in [-0.25, -0.2) is 13.4 Å². The first-order valence-electron chi connectivity index (χ1n) is 8.61. The number of nitrogens with zero attached hydrogens (tertiary/aromatic N) is 3. The number of anilines is 1. The van der Waals surface area contributed by atoms with Gasteiger partial charge in [-0.1, -0.05) is 13.0 Å². The number of carbonyl (C=O) groups is 1. The number of pyridine rings is 1. The molecule has 158 valence electrons. The number of halogens is 4. The predicted molar refractivity (Wildman–Crippen MR) is 104 cm³/mol. The van der Waals surface area contributed by atoms with E-state index in [0.717, 1.165) is 17.0 Å². The van der Waals surface area contributed by atoms with Gasteiger partial charge in [-0.15, -0.1) is 13.2 Å². The monoisotopic (exact) mass is 503 g/mol. The summed E-state index contributed by atoms with van der Waals surface area (Å²) in [5, 5.41) is -0.158. The number of amides is 1. The molecule has 0 N–H and O–H groups in total. The van der Waals surface area contributed by atoms with Gasteiger partial charge in [0, 0.05) is 16.2 Å². The Morgan fingerprint density at radius 2 is 1.97 bits per heavy atom. The summed E-state index contributed by atoms with van der Waals surface area (Å²) in [5.41, 5.74) is 0.743. The van der Waals surface area contributed by atoms with Crippen molar-refractivity contribution in [1.29, 1.82) is 0 Å². The molecule has 2 aromatic heterocycles. The normalized spacial score (nSPS) is 14.4. The standard InChI is InChI=1S/C18H13BrF3N3O4S/c1-2-30(27,28)17-15(23-14-6-4-11(19)9-24(14)17)25-8-10-3-5-12(29-18(20,21)22)7-13(10)16(25)26/h3-7,9H,2,8H2,1H3. The Kier molecular flexibility index (Phi) is 4.81. The average molecular weight is 504 g/mol.